The molecule has 0 N–H and O–H groups in total. The van der Waals surface area contributed by atoms with Gasteiger partial charge >= 0.3 is 0 Å². The lowest BCUT2D eigenvalue weighted by molar-refractivity contribution is 0.566. The van der Waals surface area contributed by atoms with Gasteiger partial charge in [-0.1, -0.05) is 211 Å². The first-order valence-corrected chi connectivity index (χ1v) is 20.6. The molecule has 0 amide bonds. The maximum Gasteiger partial charge on any atom is 0.0327 e. The molecule has 0 radical (unpaired) electrons. The summed E-state index contributed by atoms with van der Waals surface area (Å²) in [6.45, 7) is 13.4. The second kappa shape index (κ2) is 18.5. The van der Waals surface area contributed by atoms with Crippen LogP contribution in [0.5, 0.6) is 0 Å². The van der Waals surface area contributed by atoms with E-state index in [-0.39, 0.29) is 10.8 Å². The Morgan fingerprint density at radius 3 is 1.00 bits per heavy atom. The molecule has 0 fully saturated rings. The molecule has 0 aliphatic carbocycles. The summed E-state index contributed by atoms with van der Waals surface area (Å²) in [5.74, 6) is 13.6. The molecular weight excluding hydrogens is 721 g/mol. The van der Waals surface area contributed by atoms with E-state index in [0.29, 0.717) is 0 Å². The molecule has 290 valence electrons. The first-order chi connectivity index (χ1) is 29.0. The highest BCUT2D eigenvalue weighted by atomic mass is 14.2. The molecule has 0 spiro atoms. The molecule has 0 aromatic heterocycles. The molecule has 0 heteroatoms. The van der Waals surface area contributed by atoms with Crippen LogP contribution in [0.15, 0.2) is 193 Å². The lowest BCUT2D eigenvalue weighted by atomic mass is 9.80. The van der Waals surface area contributed by atoms with E-state index >= 15 is 0 Å². The zero-order valence-electron chi connectivity index (χ0n) is 35.5. The largest absolute Gasteiger partial charge is 0.115 e. The molecule has 0 aliphatic rings. The van der Waals surface area contributed by atoms with Gasteiger partial charge in [0.1, 0.15) is 0 Å². The molecule has 0 saturated heterocycles. The maximum atomic E-state index is 3.70. The number of rotatable bonds is 6. The summed E-state index contributed by atoms with van der Waals surface area (Å²) < 4.78 is 0. The predicted molar refractivity (Wildman–Crippen MR) is 257 cm³/mol. The van der Waals surface area contributed by atoms with Crippen LogP contribution < -0.4 is 0 Å². The van der Waals surface area contributed by atoms with Crippen molar-refractivity contribution < 1.29 is 0 Å². The molecular formula is C60H50. The monoisotopic (exact) mass is 770 g/mol. The van der Waals surface area contributed by atoms with Crippen LogP contribution in [0, 0.1) is 34.5 Å². The minimum atomic E-state index is -0.142. The first-order valence-electron chi connectivity index (χ1n) is 20.6. The molecule has 0 aliphatic heterocycles. The Hall–Kier alpha value is -7.30. The normalized spacial score (nSPS) is 10.8. The topological polar surface area (TPSA) is 0 Å². The van der Waals surface area contributed by atoms with Crippen molar-refractivity contribution in [1.29, 1.82) is 0 Å². The molecule has 0 bridgehead atoms. The fraction of sp³-hybridized carbons (Fsp3) is 0.133. The Morgan fingerprint density at radius 1 is 0.333 bits per heavy atom. The summed E-state index contributed by atoms with van der Waals surface area (Å²) >= 11 is 0. The van der Waals surface area contributed by atoms with E-state index in [1.54, 1.807) is 0 Å². The summed E-state index contributed by atoms with van der Waals surface area (Å²) in [5, 5.41) is 0. The smallest absolute Gasteiger partial charge is 0.0327 e. The molecule has 0 unspecified atom stereocenters. The van der Waals surface area contributed by atoms with Crippen LogP contribution in [-0.2, 0) is 0 Å². The summed E-state index contributed by atoms with van der Waals surface area (Å²) in [6.07, 6.45) is 4.17. The molecule has 7 aromatic carbocycles. The van der Waals surface area contributed by atoms with Crippen molar-refractivity contribution in [3.8, 4) is 45.9 Å². The van der Waals surface area contributed by atoms with Crippen LogP contribution in [-0.4, -0.2) is 0 Å². The third kappa shape index (κ3) is 10.6. The van der Waals surface area contributed by atoms with Crippen LogP contribution in [0.2, 0.25) is 0 Å². The minimum Gasteiger partial charge on any atom is -0.115 e. The van der Waals surface area contributed by atoms with Crippen LogP contribution in [0.3, 0.4) is 0 Å². The lowest BCUT2D eigenvalue weighted by Gasteiger charge is -2.24. The van der Waals surface area contributed by atoms with Gasteiger partial charge in [0.25, 0.3) is 0 Å². The number of hydrogen-bond acceptors (Lipinski definition) is 0. The van der Waals surface area contributed by atoms with Crippen molar-refractivity contribution in [2.24, 2.45) is 10.8 Å². The van der Waals surface area contributed by atoms with E-state index in [2.05, 4.69) is 247 Å². The molecule has 0 saturated carbocycles. The quantitative estimate of drug-likeness (QED) is 0.117. The standard InChI is InChI=1S/C60H50/c1-59(2,3)57(43-41-51-23-15-13-21-49(51)31-25-45-27-33-53(34-28-45)47-17-9-7-10-18-47)55-37-39-56(40-38-55)58(60(4,5)6)44-42-52-24-16-14-22-50(52)32-26-46-29-35-54(36-30-46)48-19-11-8-12-20-48/h7-24,27-30,33-42H,1-6H3. The van der Waals surface area contributed by atoms with E-state index in [1.165, 1.54) is 22.3 Å². The van der Waals surface area contributed by atoms with Crippen LogP contribution in [0.25, 0.3) is 45.6 Å². The van der Waals surface area contributed by atoms with Crippen molar-refractivity contribution in [1.82, 2.24) is 0 Å². The molecule has 7 rings (SSSR count). The van der Waals surface area contributed by atoms with Gasteiger partial charge in [-0.15, -0.1) is 11.5 Å². The van der Waals surface area contributed by atoms with Gasteiger partial charge in [-0.25, -0.2) is 0 Å². The Balaban J connectivity index is 1.15. The van der Waals surface area contributed by atoms with Crippen molar-refractivity contribution in [3.63, 3.8) is 0 Å². The average Bonchev–Trinajstić information content (AvgIpc) is 3.26. The van der Waals surface area contributed by atoms with Crippen molar-refractivity contribution >= 4 is 23.3 Å². The van der Waals surface area contributed by atoms with E-state index in [0.717, 1.165) is 55.7 Å². The van der Waals surface area contributed by atoms with Gasteiger partial charge in [0.15, 0.2) is 0 Å². The van der Waals surface area contributed by atoms with Gasteiger partial charge in [0, 0.05) is 33.4 Å². The molecule has 0 atom stereocenters. The third-order valence-electron chi connectivity index (χ3n) is 10.3. The van der Waals surface area contributed by atoms with Gasteiger partial charge in [-0.2, -0.15) is 0 Å². The van der Waals surface area contributed by atoms with Crippen molar-refractivity contribution in [2.75, 3.05) is 0 Å². The highest BCUT2D eigenvalue weighted by Gasteiger charge is 2.21. The van der Waals surface area contributed by atoms with Gasteiger partial charge in [0.2, 0.25) is 0 Å². The average molecular weight is 771 g/mol. The Labute approximate surface area is 358 Å². The Morgan fingerprint density at radius 2 is 0.650 bits per heavy atom. The molecule has 60 heavy (non-hydrogen) atoms. The van der Waals surface area contributed by atoms with Gasteiger partial charge in [-0.05, 0) is 104 Å². The first kappa shape index (κ1) is 40.9. The highest BCUT2D eigenvalue weighted by Crippen LogP contribution is 2.37. The highest BCUT2D eigenvalue weighted by molar-refractivity contribution is 5.78. The Kier molecular flexibility index (Phi) is 12.6. The van der Waals surface area contributed by atoms with E-state index < -0.39 is 0 Å². The zero-order valence-corrected chi connectivity index (χ0v) is 35.5. The fourth-order valence-electron chi connectivity index (χ4n) is 7.07. The van der Waals surface area contributed by atoms with Crippen LogP contribution in [0.1, 0.15) is 86.1 Å². The molecule has 0 nitrogen and oxygen atoms in total. The number of hydrogen-bond donors (Lipinski definition) is 0. The third-order valence-corrected chi connectivity index (χ3v) is 10.3. The van der Waals surface area contributed by atoms with Gasteiger partial charge in [-0.3, -0.25) is 0 Å². The van der Waals surface area contributed by atoms with E-state index in [9.17, 15) is 0 Å². The van der Waals surface area contributed by atoms with Crippen molar-refractivity contribution in [3.05, 3.63) is 238 Å². The predicted octanol–water partition coefficient (Wildman–Crippen LogP) is 15.3. The lowest BCUT2D eigenvalue weighted by Crippen LogP contribution is -2.09. The number of benzene rings is 7. The fourth-order valence-corrected chi connectivity index (χ4v) is 7.07. The molecule has 7 aromatic rings. The summed E-state index contributed by atoms with van der Waals surface area (Å²) in [7, 11) is 0. The van der Waals surface area contributed by atoms with Gasteiger partial charge in [0.05, 0.1) is 0 Å². The van der Waals surface area contributed by atoms with Crippen LogP contribution >= 0.6 is 0 Å². The summed E-state index contributed by atoms with van der Waals surface area (Å²) in [4.78, 5) is 0. The summed E-state index contributed by atoms with van der Waals surface area (Å²) in [6, 6.07) is 63.2. The van der Waals surface area contributed by atoms with Gasteiger partial charge < -0.3 is 0 Å². The summed E-state index contributed by atoms with van der Waals surface area (Å²) in [5.41, 5.74) is 22.4. The SMILES string of the molecule is CC(C)(C)C(=C=Cc1ccccc1C#Cc1ccc(-c2ccccc2)cc1)c1ccc(C(=C=Cc2ccccc2C#Cc2ccc(-c3ccccc3)cc2)C(C)(C)C)cc1. The molecule has 0 heterocycles. The van der Waals surface area contributed by atoms with Crippen LogP contribution in [0.4, 0.5) is 0 Å². The zero-order chi connectivity index (χ0) is 42.0. The minimum absolute atomic E-state index is 0.142. The number of allylic oxidation sites excluding steroid dienone is 2. The van der Waals surface area contributed by atoms with E-state index in [4.69, 9.17) is 0 Å². The van der Waals surface area contributed by atoms with E-state index in [1.807, 2.05) is 24.3 Å². The van der Waals surface area contributed by atoms with Crippen molar-refractivity contribution in [2.45, 2.75) is 41.5 Å². The Bertz CT molecular complexity index is 2630. The maximum absolute atomic E-state index is 3.70. The second-order valence-electron chi connectivity index (χ2n) is 17.0. The second-order valence-corrected chi connectivity index (χ2v) is 17.0.